The van der Waals surface area contributed by atoms with Gasteiger partial charge in [-0.1, -0.05) is 29.3 Å². The first-order valence-electron chi connectivity index (χ1n) is 5.95. The molecule has 0 bridgehead atoms. The maximum absolute atomic E-state index is 3.40. The number of benzene rings is 1. The summed E-state index contributed by atoms with van der Waals surface area (Å²) in [6.07, 6.45) is 1.05. The van der Waals surface area contributed by atoms with Gasteiger partial charge in [-0.05, 0) is 55.3 Å². The Balaban J connectivity index is 2.18. The second-order valence-electron chi connectivity index (χ2n) is 4.60. The van der Waals surface area contributed by atoms with Crippen LogP contribution < -0.4 is 5.32 Å². The second kappa shape index (κ2) is 5.48. The molecule has 0 amide bonds. The summed E-state index contributed by atoms with van der Waals surface area (Å²) < 4.78 is 0. The Bertz CT molecular complexity index is 453. The molecule has 17 heavy (non-hydrogen) atoms. The minimum atomic E-state index is 0.419. The van der Waals surface area contributed by atoms with Gasteiger partial charge in [0.05, 0.1) is 0 Å². The van der Waals surface area contributed by atoms with Crippen molar-refractivity contribution in [3.63, 3.8) is 0 Å². The standard InChI is InChI=1S/C15H19NS/c1-11-6-12(2)8-13(7-11)9-15(16-3)14-4-5-17-10-14/h4-8,10,15-16H,9H2,1-3H3. The lowest BCUT2D eigenvalue weighted by Gasteiger charge is -2.15. The minimum Gasteiger partial charge on any atom is -0.313 e. The fraction of sp³-hybridized carbons (Fsp3) is 0.333. The van der Waals surface area contributed by atoms with Crippen molar-refractivity contribution in [3.8, 4) is 0 Å². The number of rotatable bonds is 4. The molecule has 1 N–H and O–H groups in total. The number of hydrogen-bond donors (Lipinski definition) is 1. The zero-order chi connectivity index (χ0) is 12.3. The monoisotopic (exact) mass is 245 g/mol. The number of thiophene rings is 1. The van der Waals surface area contributed by atoms with E-state index < -0.39 is 0 Å². The third kappa shape index (κ3) is 3.18. The first-order valence-corrected chi connectivity index (χ1v) is 6.90. The van der Waals surface area contributed by atoms with Crippen molar-refractivity contribution in [1.29, 1.82) is 0 Å². The van der Waals surface area contributed by atoms with E-state index in [-0.39, 0.29) is 0 Å². The Morgan fingerprint density at radius 2 is 1.88 bits per heavy atom. The molecule has 0 fully saturated rings. The van der Waals surface area contributed by atoms with E-state index >= 15 is 0 Å². The zero-order valence-electron chi connectivity index (χ0n) is 10.7. The quantitative estimate of drug-likeness (QED) is 0.862. The fourth-order valence-electron chi connectivity index (χ4n) is 2.28. The van der Waals surface area contributed by atoms with Crippen molar-refractivity contribution in [1.82, 2.24) is 5.32 Å². The summed E-state index contributed by atoms with van der Waals surface area (Å²) in [7, 11) is 2.03. The van der Waals surface area contributed by atoms with Crippen LogP contribution in [-0.2, 0) is 6.42 Å². The highest BCUT2D eigenvalue weighted by Crippen LogP contribution is 2.21. The molecule has 1 aromatic heterocycles. The molecule has 1 nitrogen and oxygen atoms in total. The van der Waals surface area contributed by atoms with E-state index in [1.165, 1.54) is 22.3 Å². The van der Waals surface area contributed by atoms with E-state index in [1.807, 2.05) is 7.05 Å². The van der Waals surface area contributed by atoms with Crippen LogP contribution in [0.5, 0.6) is 0 Å². The highest BCUT2D eigenvalue weighted by molar-refractivity contribution is 7.07. The van der Waals surface area contributed by atoms with Crippen LogP contribution in [0, 0.1) is 13.8 Å². The van der Waals surface area contributed by atoms with Gasteiger partial charge in [-0.3, -0.25) is 0 Å². The molecule has 0 saturated heterocycles. The van der Waals surface area contributed by atoms with Gasteiger partial charge in [0.2, 0.25) is 0 Å². The highest BCUT2D eigenvalue weighted by Gasteiger charge is 2.10. The van der Waals surface area contributed by atoms with Gasteiger partial charge in [-0.25, -0.2) is 0 Å². The maximum Gasteiger partial charge on any atom is 0.0366 e. The van der Waals surface area contributed by atoms with E-state index in [2.05, 4.69) is 54.2 Å². The summed E-state index contributed by atoms with van der Waals surface area (Å²) in [6.45, 7) is 4.32. The predicted molar refractivity (Wildman–Crippen MR) is 75.7 cm³/mol. The molecular formula is C15H19NS. The summed E-state index contributed by atoms with van der Waals surface area (Å²) >= 11 is 1.76. The van der Waals surface area contributed by atoms with Gasteiger partial charge in [0.15, 0.2) is 0 Å². The Morgan fingerprint density at radius 1 is 1.18 bits per heavy atom. The van der Waals surface area contributed by atoms with E-state index in [1.54, 1.807) is 11.3 Å². The average molecular weight is 245 g/mol. The van der Waals surface area contributed by atoms with Gasteiger partial charge < -0.3 is 5.32 Å². The van der Waals surface area contributed by atoms with Crippen molar-refractivity contribution >= 4 is 11.3 Å². The molecule has 90 valence electrons. The van der Waals surface area contributed by atoms with Crippen molar-refractivity contribution in [2.24, 2.45) is 0 Å². The van der Waals surface area contributed by atoms with Crippen molar-refractivity contribution in [2.45, 2.75) is 26.3 Å². The Morgan fingerprint density at radius 3 is 2.41 bits per heavy atom. The van der Waals surface area contributed by atoms with E-state index in [9.17, 15) is 0 Å². The lowest BCUT2D eigenvalue weighted by Crippen LogP contribution is -2.18. The van der Waals surface area contributed by atoms with Crippen LogP contribution in [0.4, 0.5) is 0 Å². The first kappa shape index (κ1) is 12.3. The minimum absolute atomic E-state index is 0.419. The van der Waals surface area contributed by atoms with Crippen molar-refractivity contribution < 1.29 is 0 Å². The number of nitrogens with one attached hydrogen (secondary N) is 1. The molecule has 2 heteroatoms. The summed E-state index contributed by atoms with van der Waals surface area (Å²) in [5.74, 6) is 0. The molecule has 0 aliphatic heterocycles. The highest BCUT2D eigenvalue weighted by atomic mass is 32.1. The van der Waals surface area contributed by atoms with Crippen LogP contribution in [0.1, 0.15) is 28.3 Å². The average Bonchev–Trinajstić information content (AvgIpc) is 2.77. The van der Waals surface area contributed by atoms with Crippen LogP contribution in [-0.4, -0.2) is 7.05 Å². The second-order valence-corrected chi connectivity index (χ2v) is 5.38. The number of likely N-dealkylation sites (N-methyl/N-ethyl adjacent to an activating group) is 1. The zero-order valence-corrected chi connectivity index (χ0v) is 11.5. The molecule has 0 aliphatic carbocycles. The molecular weight excluding hydrogens is 226 g/mol. The van der Waals surface area contributed by atoms with E-state index in [4.69, 9.17) is 0 Å². The molecule has 1 unspecified atom stereocenters. The number of aryl methyl sites for hydroxylation is 2. The third-order valence-corrected chi connectivity index (χ3v) is 3.72. The first-order chi connectivity index (χ1) is 8.19. The normalized spacial score (nSPS) is 12.6. The van der Waals surface area contributed by atoms with Crippen LogP contribution in [0.15, 0.2) is 35.0 Å². The number of hydrogen-bond acceptors (Lipinski definition) is 2. The van der Waals surface area contributed by atoms with Gasteiger partial charge in [0, 0.05) is 6.04 Å². The Kier molecular flexibility index (Phi) is 3.97. The molecule has 0 radical (unpaired) electrons. The topological polar surface area (TPSA) is 12.0 Å². The molecule has 1 atom stereocenters. The molecule has 2 rings (SSSR count). The third-order valence-electron chi connectivity index (χ3n) is 3.02. The largest absolute Gasteiger partial charge is 0.313 e. The van der Waals surface area contributed by atoms with Gasteiger partial charge in [-0.15, -0.1) is 0 Å². The molecule has 1 aromatic carbocycles. The lowest BCUT2D eigenvalue weighted by molar-refractivity contribution is 0.593. The van der Waals surface area contributed by atoms with Crippen molar-refractivity contribution in [2.75, 3.05) is 7.05 Å². The maximum atomic E-state index is 3.40. The summed E-state index contributed by atoms with van der Waals surface area (Å²) in [6, 6.07) is 9.41. The van der Waals surface area contributed by atoms with Gasteiger partial charge in [0.25, 0.3) is 0 Å². The molecule has 1 heterocycles. The summed E-state index contributed by atoms with van der Waals surface area (Å²) in [5.41, 5.74) is 5.49. The summed E-state index contributed by atoms with van der Waals surface area (Å²) in [5, 5.41) is 7.76. The van der Waals surface area contributed by atoms with Crippen LogP contribution in [0.25, 0.3) is 0 Å². The fourth-order valence-corrected chi connectivity index (χ4v) is 3.00. The van der Waals surface area contributed by atoms with Crippen LogP contribution in [0.3, 0.4) is 0 Å². The van der Waals surface area contributed by atoms with Gasteiger partial charge >= 0.3 is 0 Å². The lowest BCUT2D eigenvalue weighted by atomic mass is 9.98. The van der Waals surface area contributed by atoms with E-state index in [0.717, 1.165) is 6.42 Å². The van der Waals surface area contributed by atoms with Crippen LogP contribution >= 0.6 is 11.3 Å². The molecule has 0 saturated carbocycles. The Hall–Kier alpha value is -1.12. The van der Waals surface area contributed by atoms with Gasteiger partial charge in [0.1, 0.15) is 0 Å². The van der Waals surface area contributed by atoms with Crippen molar-refractivity contribution in [3.05, 3.63) is 57.3 Å². The summed E-state index contributed by atoms with van der Waals surface area (Å²) in [4.78, 5) is 0. The smallest absolute Gasteiger partial charge is 0.0366 e. The van der Waals surface area contributed by atoms with E-state index in [0.29, 0.717) is 6.04 Å². The molecule has 0 aliphatic rings. The van der Waals surface area contributed by atoms with Gasteiger partial charge in [-0.2, -0.15) is 11.3 Å². The Labute approximate surface area is 108 Å². The predicted octanol–water partition coefficient (Wildman–Crippen LogP) is 3.87. The molecule has 2 aromatic rings. The van der Waals surface area contributed by atoms with Crippen LogP contribution in [0.2, 0.25) is 0 Å². The molecule has 0 spiro atoms. The SMILES string of the molecule is CNC(Cc1cc(C)cc(C)c1)c1ccsc1.